The second kappa shape index (κ2) is 7.92. The summed E-state index contributed by atoms with van der Waals surface area (Å²) in [6.45, 7) is 4.02. The highest BCUT2D eigenvalue weighted by Gasteiger charge is 2.17. The Labute approximate surface area is 128 Å². The largest absolute Gasteiger partial charge is 0.390 e. The van der Waals surface area contributed by atoms with Crippen molar-refractivity contribution in [1.82, 2.24) is 9.80 Å². The average Bonchev–Trinajstić information content (AvgIpc) is 2.45. The van der Waals surface area contributed by atoms with Crippen LogP contribution in [0.5, 0.6) is 0 Å². The molecule has 1 aromatic rings. The summed E-state index contributed by atoms with van der Waals surface area (Å²) in [4.78, 5) is 3.86. The molecule has 1 atom stereocenters. The van der Waals surface area contributed by atoms with Crippen LogP contribution in [0.3, 0.4) is 0 Å². The average molecular weight is 318 g/mol. The predicted octanol–water partition coefficient (Wildman–Crippen LogP) is 1.23. The van der Waals surface area contributed by atoms with Gasteiger partial charge in [-0.25, -0.2) is 13.2 Å². The van der Waals surface area contributed by atoms with Gasteiger partial charge in [-0.1, -0.05) is 0 Å². The summed E-state index contributed by atoms with van der Waals surface area (Å²) in [5.41, 5.74) is 0.331. The summed E-state index contributed by atoms with van der Waals surface area (Å²) in [6, 6.07) is 1.95. The highest BCUT2D eigenvalue weighted by Crippen LogP contribution is 2.15. The van der Waals surface area contributed by atoms with Gasteiger partial charge in [0.1, 0.15) is 0 Å². The van der Waals surface area contributed by atoms with Crippen molar-refractivity contribution in [1.29, 1.82) is 0 Å². The van der Waals surface area contributed by atoms with E-state index in [-0.39, 0.29) is 6.54 Å². The number of aliphatic hydroxyl groups is 1. The minimum Gasteiger partial charge on any atom is -0.390 e. The minimum absolute atomic E-state index is 0.230. The number of benzene rings is 1. The van der Waals surface area contributed by atoms with Crippen molar-refractivity contribution >= 4 is 0 Å². The zero-order valence-electron chi connectivity index (χ0n) is 12.6. The first-order valence-electron chi connectivity index (χ1n) is 7.26. The predicted molar refractivity (Wildman–Crippen MR) is 75.9 cm³/mol. The van der Waals surface area contributed by atoms with Gasteiger partial charge in [0, 0.05) is 32.7 Å². The number of halogens is 3. The Kier molecular flexibility index (Phi) is 6.19. The van der Waals surface area contributed by atoms with E-state index in [1.165, 1.54) is 0 Å². The Hall–Kier alpha value is -1.15. The number of morpholine rings is 1. The van der Waals surface area contributed by atoms with E-state index in [9.17, 15) is 18.3 Å². The highest BCUT2D eigenvalue weighted by atomic mass is 19.2. The molecule has 0 radical (unpaired) electrons. The number of hydrogen-bond donors (Lipinski definition) is 1. The molecule has 1 aliphatic rings. The van der Waals surface area contributed by atoms with Crippen molar-refractivity contribution in [3.8, 4) is 0 Å². The second-order valence-corrected chi connectivity index (χ2v) is 5.64. The third-order valence-electron chi connectivity index (χ3n) is 3.59. The molecule has 4 nitrogen and oxygen atoms in total. The van der Waals surface area contributed by atoms with Crippen molar-refractivity contribution in [2.24, 2.45) is 0 Å². The standard InChI is InChI=1S/C15H21F3N2O2/c1-19(8-11-6-13(16)15(18)14(17)7-11)9-12(21)10-20-2-4-22-5-3-20/h6-7,12,21H,2-5,8-10H2,1H3. The van der Waals surface area contributed by atoms with E-state index in [1.807, 2.05) is 0 Å². The SMILES string of the molecule is CN(Cc1cc(F)c(F)c(F)c1)CC(O)CN1CCOCC1. The lowest BCUT2D eigenvalue weighted by Crippen LogP contribution is -2.43. The van der Waals surface area contributed by atoms with E-state index >= 15 is 0 Å². The van der Waals surface area contributed by atoms with E-state index in [2.05, 4.69) is 4.90 Å². The first kappa shape index (κ1) is 17.2. The summed E-state index contributed by atoms with van der Waals surface area (Å²) >= 11 is 0. The first-order chi connectivity index (χ1) is 10.5. The van der Waals surface area contributed by atoms with E-state index < -0.39 is 23.6 Å². The Morgan fingerprint density at radius 3 is 2.41 bits per heavy atom. The van der Waals surface area contributed by atoms with Crippen molar-refractivity contribution in [2.45, 2.75) is 12.6 Å². The maximum Gasteiger partial charge on any atom is 0.194 e. The van der Waals surface area contributed by atoms with Crippen molar-refractivity contribution in [2.75, 3.05) is 46.4 Å². The van der Waals surface area contributed by atoms with Crippen LogP contribution < -0.4 is 0 Å². The molecule has 1 aromatic carbocycles. The Morgan fingerprint density at radius 2 is 1.82 bits per heavy atom. The van der Waals surface area contributed by atoms with Crippen LogP contribution in [0.4, 0.5) is 13.2 Å². The smallest absolute Gasteiger partial charge is 0.194 e. The molecule has 22 heavy (non-hydrogen) atoms. The van der Waals surface area contributed by atoms with Crippen LogP contribution in [0.15, 0.2) is 12.1 Å². The molecular formula is C15H21F3N2O2. The van der Waals surface area contributed by atoms with E-state index in [0.29, 0.717) is 31.9 Å². The van der Waals surface area contributed by atoms with Crippen LogP contribution in [0, 0.1) is 17.5 Å². The molecule has 0 aliphatic carbocycles. The summed E-state index contributed by atoms with van der Waals surface area (Å²) in [5.74, 6) is -3.85. The van der Waals surface area contributed by atoms with Gasteiger partial charge in [-0.2, -0.15) is 0 Å². The van der Waals surface area contributed by atoms with Gasteiger partial charge >= 0.3 is 0 Å². The summed E-state index contributed by atoms with van der Waals surface area (Å²) in [6.07, 6.45) is -0.571. The fourth-order valence-corrected chi connectivity index (χ4v) is 2.57. The third-order valence-corrected chi connectivity index (χ3v) is 3.59. The van der Waals surface area contributed by atoms with Crippen molar-refractivity contribution < 1.29 is 23.0 Å². The molecule has 0 bridgehead atoms. The molecule has 7 heteroatoms. The van der Waals surface area contributed by atoms with Crippen LogP contribution in [0.1, 0.15) is 5.56 Å². The van der Waals surface area contributed by atoms with E-state index in [4.69, 9.17) is 4.74 Å². The lowest BCUT2D eigenvalue weighted by atomic mass is 10.2. The van der Waals surface area contributed by atoms with Gasteiger partial charge < -0.3 is 9.84 Å². The topological polar surface area (TPSA) is 35.9 Å². The number of aliphatic hydroxyl groups excluding tert-OH is 1. The van der Waals surface area contributed by atoms with Gasteiger partial charge in [0.25, 0.3) is 0 Å². The van der Waals surface area contributed by atoms with Crippen LogP contribution in [0.2, 0.25) is 0 Å². The zero-order chi connectivity index (χ0) is 16.1. The molecule has 0 saturated carbocycles. The lowest BCUT2D eigenvalue weighted by Gasteiger charge is -2.30. The van der Waals surface area contributed by atoms with Gasteiger partial charge in [0.2, 0.25) is 0 Å². The van der Waals surface area contributed by atoms with Crippen molar-refractivity contribution in [3.63, 3.8) is 0 Å². The number of hydrogen-bond acceptors (Lipinski definition) is 4. The maximum absolute atomic E-state index is 13.2. The highest BCUT2D eigenvalue weighted by molar-refractivity contribution is 5.19. The van der Waals surface area contributed by atoms with Crippen molar-refractivity contribution in [3.05, 3.63) is 35.1 Å². The van der Waals surface area contributed by atoms with Crippen LogP contribution >= 0.6 is 0 Å². The summed E-state index contributed by atoms with van der Waals surface area (Å²) < 4.78 is 44.5. The molecule has 1 aliphatic heterocycles. The zero-order valence-corrected chi connectivity index (χ0v) is 12.6. The molecule has 1 saturated heterocycles. The lowest BCUT2D eigenvalue weighted by molar-refractivity contribution is 0.00824. The molecule has 2 rings (SSSR count). The van der Waals surface area contributed by atoms with Gasteiger partial charge in [-0.3, -0.25) is 9.80 Å². The van der Waals surface area contributed by atoms with Crippen LogP contribution in [0.25, 0.3) is 0 Å². The van der Waals surface area contributed by atoms with Gasteiger partial charge in [-0.15, -0.1) is 0 Å². The molecule has 1 fully saturated rings. The number of rotatable bonds is 6. The molecule has 0 spiro atoms. The van der Waals surface area contributed by atoms with Crippen LogP contribution in [-0.2, 0) is 11.3 Å². The Bertz CT molecular complexity index is 473. The van der Waals surface area contributed by atoms with Gasteiger partial charge in [-0.05, 0) is 24.7 Å². The quantitative estimate of drug-likeness (QED) is 0.801. The normalized spacial score (nSPS) is 17.9. The first-order valence-corrected chi connectivity index (χ1v) is 7.26. The molecule has 0 amide bonds. The number of ether oxygens (including phenoxy) is 1. The fraction of sp³-hybridized carbons (Fsp3) is 0.600. The molecule has 0 aromatic heterocycles. The number of β-amino-alcohol motifs (C(OH)–C–C–N with tert-alkyl or cyclic N) is 1. The molecule has 1 heterocycles. The minimum atomic E-state index is -1.46. The van der Waals surface area contributed by atoms with Crippen LogP contribution in [-0.4, -0.2) is 67.5 Å². The number of likely N-dealkylation sites (N-methyl/N-ethyl adjacent to an activating group) is 1. The van der Waals surface area contributed by atoms with E-state index in [1.54, 1.807) is 11.9 Å². The summed E-state index contributed by atoms with van der Waals surface area (Å²) in [5, 5.41) is 10.1. The Morgan fingerprint density at radius 1 is 1.23 bits per heavy atom. The maximum atomic E-state index is 13.2. The van der Waals surface area contributed by atoms with Gasteiger partial charge in [0.15, 0.2) is 17.5 Å². The van der Waals surface area contributed by atoms with Gasteiger partial charge in [0.05, 0.1) is 19.3 Å². The number of nitrogens with zero attached hydrogens (tertiary/aromatic N) is 2. The third kappa shape index (κ3) is 4.95. The molecule has 124 valence electrons. The molecule has 1 unspecified atom stereocenters. The fourth-order valence-electron chi connectivity index (χ4n) is 2.57. The molecular weight excluding hydrogens is 297 g/mol. The van der Waals surface area contributed by atoms with E-state index in [0.717, 1.165) is 25.2 Å². The Balaban J connectivity index is 1.82. The molecule has 1 N–H and O–H groups in total. The second-order valence-electron chi connectivity index (χ2n) is 5.64. The monoisotopic (exact) mass is 318 g/mol. The summed E-state index contributed by atoms with van der Waals surface area (Å²) in [7, 11) is 1.74.